The Kier molecular flexibility index (Phi) is 4.26. The maximum Gasteiger partial charge on any atom is 0.329 e. The number of imidazole rings is 1. The number of nitrogens with one attached hydrogen (secondary N) is 1. The summed E-state index contributed by atoms with van der Waals surface area (Å²) in [6, 6.07) is 7.58. The van der Waals surface area contributed by atoms with Crippen LogP contribution in [-0.2, 0) is 17.9 Å². The number of rotatable bonds is 5. The topological polar surface area (TPSA) is 82.0 Å². The summed E-state index contributed by atoms with van der Waals surface area (Å²) in [4.78, 5) is 25.1. The zero-order chi connectivity index (χ0) is 16.4. The van der Waals surface area contributed by atoms with Crippen LogP contribution in [-0.4, -0.2) is 27.1 Å². The molecule has 1 aromatic carbocycles. The summed E-state index contributed by atoms with van der Waals surface area (Å²) in [6.07, 6.45) is 4.01. The monoisotopic (exact) mass is 316 g/mol. The van der Waals surface area contributed by atoms with Crippen molar-refractivity contribution in [1.29, 1.82) is 0 Å². The van der Waals surface area contributed by atoms with Gasteiger partial charge in [0.15, 0.2) is 0 Å². The molecule has 0 aliphatic heterocycles. The molecule has 0 unspecified atom stereocenters. The number of fused-ring (bicyclic) bond motifs is 1. The van der Waals surface area contributed by atoms with E-state index in [1.54, 1.807) is 9.13 Å². The van der Waals surface area contributed by atoms with E-state index < -0.39 is 0 Å². The molecule has 1 heterocycles. The fraction of sp³-hybridized carbons (Fsp3) is 0.529. The minimum absolute atomic E-state index is 0.0358. The van der Waals surface area contributed by atoms with Crippen molar-refractivity contribution in [3.63, 3.8) is 0 Å². The Balaban J connectivity index is 1.88. The molecule has 1 aliphatic rings. The highest BCUT2D eigenvalue weighted by Crippen LogP contribution is 2.28. The van der Waals surface area contributed by atoms with E-state index in [0.29, 0.717) is 13.1 Å². The number of para-hydroxylation sites is 2. The molecule has 0 bridgehead atoms. The summed E-state index contributed by atoms with van der Waals surface area (Å²) in [5.41, 5.74) is 7.10. The van der Waals surface area contributed by atoms with Gasteiger partial charge in [-0.05, 0) is 31.9 Å². The summed E-state index contributed by atoms with van der Waals surface area (Å²) >= 11 is 0. The summed E-state index contributed by atoms with van der Waals surface area (Å²) in [6.45, 7) is 3.00. The molecule has 0 spiro atoms. The zero-order valence-electron chi connectivity index (χ0n) is 13.5. The molecular formula is C17H24N4O2. The van der Waals surface area contributed by atoms with Gasteiger partial charge in [-0.1, -0.05) is 25.0 Å². The molecule has 1 aromatic heterocycles. The molecule has 0 atom stereocenters. The maximum absolute atomic E-state index is 12.6. The lowest BCUT2D eigenvalue weighted by molar-refractivity contribution is -0.123. The van der Waals surface area contributed by atoms with Gasteiger partial charge in [-0.3, -0.25) is 13.9 Å². The SMILES string of the molecule is CCn1c(=O)n(CC(=O)NC2(CN)CCCC2)c2ccccc21. The second-order valence-corrected chi connectivity index (χ2v) is 6.34. The highest BCUT2D eigenvalue weighted by atomic mass is 16.2. The van der Waals surface area contributed by atoms with Crippen LogP contribution >= 0.6 is 0 Å². The van der Waals surface area contributed by atoms with Crippen LogP contribution in [0.1, 0.15) is 32.6 Å². The number of carbonyl (C=O) groups excluding carboxylic acids is 1. The van der Waals surface area contributed by atoms with Gasteiger partial charge in [0.25, 0.3) is 0 Å². The van der Waals surface area contributed by atoms with Crippen molar-refractivity contribution in [3.05, 3.63) is 34.7 Å². The molecule has 6 nitrogen and oxygen atoms in total. The lowest BCUT2D eigenvalue weighted by atomic mass is 9.98. The average molecular weight is 316 g/mol. The number of nitrogens with two attached hydrogens (primary N) is 1. The predicted octanol–water partition coefficient (Wildman–Crippen LogP) is 1.21. The molecule has 23 heavy (non-hydrogen) atoms. The average Bonchev–Trinajstić information content (AvgIpc) is 3.12. The fourth-order valence-electron chi connectivity index (χ4n) is 3.64. The van der Waals surface area contributed by atoms with E-state index in [2.05, 4.69) is 5.32 Å². The molecule has 6 heteroatoms. The van der Waals surface area contributed by atoms with Gasteiger partial charge in [0.2, 0.25) is 5.91 Å². The number of hydrogen-bond acceptors (Lipinski definition) is 3. The second kappa shape index (κ2) is 6.20. The van der Waals surface area contributed by atoms with Crippen LogP contribution in [0.3, 0.4) is 0 Å². The largest absolute Gasteiger partial charge is 0.348 e. The van der Waals surface area contributed by atoms with E-state index in [9.17, 15) is 9.59 Å². The van der Waals surface area contributed by atoms with Gasteiger partial charge < -0.3 is 11.1 Å². The highest BCUT2D eigenvalue weighted by Gasteiger charge is 2.34. The van der Waals surface area contributed by atoms with Gasteiger partial charge in [-0.25, -0.2) is 4.79 Å². The van der Waals surface area contributed by atoms with E-state index >= 15 is 0 Å². The summed E-state index contributed by atoms with van der Waals surface area (Å²) in [5, 5.41) is 3.08. The van der Waals surface area contributed by atoms with Crippen LogP contribution in [0.2, 0.25) is 0 Å². The van der Waals surface area contributed by atoms with E-state index in [4.69, 9.17) is 5.73 Å². The lowest BCUT2D eigenvalue weighted by Gasteiger charge is -2.28. The van der Waals surface area contributed by atoms with Crippen molar-refractivity contribution in [3.8, 4) is 0 Å². The Labute approximate surface area is 135 Å². The number of aryl methyl sites for hydroxylation is 1. The molecule has 0 saturated heterocycles. The van der Waals surface area contributed by atoms with E-state index in [1.807, 2.05) is 31.2 Å². The zero-order valence-corrected chi connectivity index (χ0v) is 13.5. The van der Waals surface area contributed by atoms with Crippen LogP contribution in [0, 0.1) is 0 Å². The Bertz CT molecular complexity index is 768. The van der Waals surface area contributed by atoms with Crippen molar-refractivity contribution < 1.29 is 4.79 Å². The van der Waals surface area contributed by atoms with Crippen LogP contribution in [0.25, 0.3) is 11.0 Å². The van der Waals surface area contributed by atoms with Crippen LogP contribution in [0.5, 0.6) is 0 Å². The molecule has 0 radical (unpaired) electrons. The van der Waals surface area contributed by atoms with Crippen LogP contribution < -0.4 is 16.7 Å². The first kappa shape index (κ1) is 15.8. The lowest BCUT2D eigenvalue weighted by Crippen LogP contribution is -2.52. The first-order valence-corrected chi connectivity index (χ1v) is 8.29. The molecule has 1 aliphatic carbocycles. The quantitative estimate of drug-likeness (QED) is 0.870. The van der Waals surface area contributed by atoms with Crippen LogP contribution in [0.4, 0.5) is 0 Å². The molecular weight excluding hydrogens is 292 g/mol. The Hall–Kier alpha value is -2.08. The molecule has 3 rings (SSSR count). The first-order valence-electron chi connectivity index (χ1n) is 8.29. The summed E-state index contributed by atoms with van der Waals surface area (Å²) in [7, 11) is 0. The summed E-state index contributed by atoms with van der Waals surface area (Å²) < 4.78 is 3.24. The van der Waals surface area contributed by atoms with Gasteiger partial charge in [0.1, 0.15) is 6.54 Å². The fourth-order valence-corrected chi connectivity index (χ4v) is 3.64. The van der Waals surface area contributed by atoms with E-state index in [1.165, 1.54) is 0 Å². The third-order valence-corrected chi connectivity index (χ3v) is 4.90. The minimum atomic E-state index is -0.288. The van der Waals surface area contributed by atoms with Crippen molar-refractivity contribution in [1.82, 2.24) is 14.5 Å². The highest BCUT2D eigenvalue weighted by molar-refractivity contribution is 5.81. The number of nitrogens with zero attached hydrogens (tertiary/aromatic N) is 2. The Morgan fingerprint density at radius 3 is 2.39 bits per heavy atom. The maximum atomic E-state index is 12.6. The normalized spacial score (nSPS) is 16.8. The van der Waals surface area contributed by atoms with Gasteiger partial charge in [0, 0.05) is 13.1 Å². The summed E-state index contributed by atoms with van der Waals surface area (Å²) in [5.74, 6) is -0.140. The first-order chi connectivity index (χ1) is 11.1. The molecule has 1 saturated carbocycles. The van der Waals surface area contributed by atoms with Gasteiger partial charge in [-0.15, -0.1) is 0 Å². The molecule has 1 amide bonds. The van der Waals surface area contributed by atoms with Gasteiger partial charge >= 0.3 is 5.69 Å². The Morgan fingerprint density at radius 1 is 1.22 bits per heavy atom. The number of carbonyl (C=O) groups is 1. The minimum Gasteiger partial charge on any atom is -0.348 e. The van der Waals surface area contributed by atoms with Crippen molar-refractivity contribution in [2.75, 3.05) is 6.54 Å². The van der Waals surface area contributed by atoms with Crippen molar-refractivity contribution >= 4 is 16.9 Å². The smallest absolute Gasteiger partial charge is 0.329 e. The van der Waals surface area contributed by atoms with E-state index in [-0.39, 0.29) is 23.7 Å². The van der Waals surface area contributed by atoms with Gasteiger partial charge in [0.05, 0.1) is 16.6 Å². The second-order valence-electron chi connectivity index (χ2n) is 6.34. The van der Waals surface area contributed by atoms with E-state index in [0.717, 1.165) is 36.7 Å². The molecule has 2 aromatic rings. The number of benzene rings is 1. The number of hydrogen-bond donors (Lipinski definition) is 2. The van der Waals surface area contributed by atoms with Gasteiger partial charge in [-0.2, -0.15) is 0 Å². The van der Waals surface area contributed by atoms with Crippen molar-refractivity contribution in [2.45, 2.75) is 51.2 Å². The molecule has 3 N–H and O–H groups in total. The molecule has 1 fully saturated rings. The number of amides is 1. The molecule has 124 valence electrons. The van der Waals surface area contributed by atoms with Crippen LogP contribution in [0.15, 0.2) is 29.1 Å². The standard InChI is InChI=1S/C17H24N4O2/c1-2-20-13-7-3-4-8-14(13)21(16(20)23)11-15(22)19-17(12-18)9-5-6-10-17/h3-4,7-8H,2,5-6,9-12,18H2,1H3,(H,19,22). The number of aromatic nitrogens is 2. The predicted molar refractivity (Wildman–Crippen MR) is 90.3 cm³/mol. The third kappa shape index (κ3) is 2.79. The third-order valence-electron chi connectivity index (χ3n) is 4.90. The van der Waals surface area contributed by atoms with Crippen molar-refractivity contribution in [2.24, 2.45) is 5.73 Å². The Morgan fingerprint density at radius 2 is 1.83 bits per heavy atom.